The highest BCUT2D eigenvalue weighted by molar-refractivity contribution is 5.55. The molecule has 0 saturated carbocycles. The number of nitrogens with one attached hydrogen (secondary N) is 1. The van der Waals surface area contributed by atoms with Gasteiger partial charge in [-0.05, 0) is 71.1 Å². The minimum absolute atomic E-state index is 0.635. The van der Waals surface area contributed by atoms with Crippen LogP contribution in [0.15, 0.2) is 24.3 Å². The Kier molecular flexibility index (Phi) is 5.08. The normalized spacial score (nSPS) is 17.4. The molecule has 1 N–H and O–H groups in total. The summed E-state index contributed by atoms with van der Waals surface area (Å²) in [6.07, 6.45) is 2.49. The quantitative estimate of drug-likeness (QED) is 0.879. The number of hydrogen-bond acceptors (Lipinski definition) is 3. The fraction of sp³-hybridized carbons (Fsp3) is 0.625. The van der Waals surface area contributed by atoms with Crippen LogP contribution < -0.4 is 10.2 Å². The number of likely N-dealkylation sites (tertiary alicyclic amines) is 1. The molecule has 0 aliphatic carbocycles. The first kappa shape index (κ1) is 14.2. The first-order valence-corrected chi connectivity index (χ1v) is 7.53. The molecule has 1 saturated heterocycles. The molecule has 1 heterocycles. The van der Waals surface area contributed by atoms with Gasteiger partial charge in [-0.1, -0.05) is 0 Å². The monoisotopic (exact) mass is 261 g/mol. The maximum atomic E-state index is 3.66. The van der Waals surface area contributed by atoms with Gasteiger partial charge in [0, 0.05) is 30.5 Å². The van der Waals surface area contributed by atoms with E-state index in [9.17, 15) is 0 Å². The average molecular weight is 261 g/mol. The molecule has 19 heavy (non-hydrogen) atoms. The highest BCUT2D eigenvalue weighted by atomic mass is 15.1. The van der Waals surface area contributed by atoms with E-state index in [1.807, 2.05) is 0 Å². The zero-order valence-corrected chi connectivity index (χ0v) is 12.5. The molecule has 1 aromatic carbocycles. The van der Waals surface area contributed by atoms with Gasteiger partial charge in [-0.3, -0.25) is 0 Å². The maximum Gasteiger partial charge on any atom is 0.0367 e. The van der Waals surface area contributed by atoms with Gasteiger partial charge in [-0.25, -0.2) is 0 Å². The SMILES string of the molecule is CCN(CC)c1ccc(NC2CCN(C)CC2)cc1. The van der Waals surface area contributed by atoms with Crippen LogP contribution in [0.25, 0.3) is 0 Å². The topological polar surface area (TPSA) is 18.5 Å². The van der Waals surface area contributed by atoms with Crippen LogP contribution in [0.3, 0.4) is 0 Å². The first-order valence-electron chi connectivity index (χ1n) is 7.53. The van der Waals surface area contributed by atoms with Crippen molar-refractivity contribution in [1.29, 1.82) is 0 Å². The molecule has 1 fully saturated rings. The van der Waals surface area contributed by atoms with Gasteiger partial charge >= 0.3 is 0 Å². The Hall–Kier alpha value is -1.22. The Labute approximate surface area is 117 Å². The van der Waals surface area contributed by atoms with E-state index in [1.54, 1.807) is 0 Å². The molecule has 0 bridgehead atoms. The largest absolute Gasteiger partial charge is 0.382 e. The third kappa shape index (κ3) is 3.87. The third-order valence-electron chi connectivity index (χ3n) is 4.09. The second-order valence-electron chi connectivity index (χ2n) is 5.44. The van der Waals surface area contributed by atoms with Crippen molar-refractivity contribution in [3.8, 4) is 0 Å². The summed E-state index contributed by atoms with van der Waals surface area (Å²) in [6.45, 7) is 8.95. The van der Waals surface area contributed by atoms with E-state index in [2.05, 4.69) is 60.3 Å². The Balaban J connectivity index is 1.91. The van der Waals surface area contributed by atoms with Gasteiger partial charge in [-0.2, -0.15) is 0 Å². The predicted molar refractivity (Wildman–Crippen MR) is 84.1 cm³/mol. The molecule has 0 unspecified atom stereocenters. The van der Waals surface area contributed by atoms with Crippen molar-refractivity contribution in [3.63, 3.8) is 0 Å². The van der Waals surface area contributed by atoms with Crippen LogP contribution in [-0.2, 0) is 0 Å². The van der Waals surface area contributed by atoms with Gasteiger partial charge in [-0.15, -0.1) is 0 Å². The van der Waals surface area contributed by atoms with Crippen LogP contribution >= 0.6 is 0 Å². The molecule has 0 aromatic heterocycles. The molecule has 3 heteroatoms. The summed E-state index contributed by atoms with van der Waals surface area (Å²) in [7, 11) is 2.20. The molecule has 0 radical (unpaired) electrons. The lowest BCUT2D eigenvalue weighted by Crippen LogP contribution is -2.36. The fourth-order valence-electron chi connectivity index (χ4n) is 2.75. The van der Waals surface area contributed by atoms with Crippen molar-refractivity contribution < 1.29 is 0 Å². The molecule has 0 atom stereocenters. The molecule has 106 valence electrons. The van der Waals surface area contributed by atoms with E-state index in [0.717, 1.165) is 13.1 Å². The number of anilines is 2. The number of rotatable bonds is 5. The van der Waals surface area contributed by atoms with Gasteiger partial charge in [0.05, 0.1) is 0 Å². The summed E-state index contributed by atoms with van der Waals surface area (Å²) in [5.74, 6) is 0. The summed E-state index contributed by atoms with van der Waals surface area (Å²) in [5.41, 5.74) is 2.57. The Bertz CT molecular complexity index is 362. The second kappa shape index (κ2) is 6.80. The van der Waals surface area contributed by atoms with Gasteiger partial charge < -0.3 is 15.1 Å². The molecule has 2 rings (SSSR count). The summed E-state index contributed by atoms with van der Waals surface area (Å²) < 4.78 is 0. The van der Waals surface area contributed by atoms with Crippen LogP contribution in [0.4, 0.5) is 11.4 Å². The lowest BCUT2D eigenvalue weighted by molar-refractivity contribution is 0.264. The lowest BCUT2D eigenvalue weighted by Gasteiger charge is -2.30. The zero-order chi connectivity index (χ0) is 13.7. The molecule has 1 aliphatic rings. The maximum absolute atomic E-state index is 3.66. The molecule has 3 nitrogen and oxygen atoms in total. The van der Waals surface area contributed by atoms with Gasteiger partial charge in [0.2, 0.25) is 0 Å². The van der Waals surface area contributed by atoms with E-state index in [4.69, 9.17) is 0 Å². The van der Waals surface area contributed by atoms with Gasteiger partial charge in [0.1, 0.15) is 0 Å². The van der Waals surface area contributed by atoms with Crippen LogP contribution in [0.5, 0.6) is 0 Å². The lowest BCUT2D eigenvalue weighted by atomic mass is 10.1. The van der Waals surface area contributed by atoms with Gasteiger partial charge in [0.15, 0.2) is 0 Å². The standard InChI is InChI=1S/C16H27N3/c1-4-19(5-2)16-8-6-14(7-9-16)17-15-10-12-18(3)13-11-15/h6-9,15,17H,4-5,10-13H2,1-3H3. The van der Waals surface area contributed by atoms with Crippen LogP contribution in [0.1, 0.15) is 26.7 Å². The number of hydrogen-bond donors (Lipinski definition) is 1. The zero-order valence-electron chi connectivity index (χ0n) is 12.5. The Morgan fingerprint density at radius 1 is 1.11 bits per heavy atom. The van der Waals surface area contributed by atoms with Crippen molar-refractivity contribution in [2.45, 2.75) is 32.7 Å². The van der Waals surface area contributed by atoms with E-state index in [-0.39, 0.29) is 0 Å². The van der Waals surface area contributed by atoms with Crippen LogP contribution in [-0.4, -0.2) is 44.2 Å². The van der Waals surface area contributed by atoms with E-state index in [0.29, 0.717) is 6.04 Å². The minimum atomic E-state index is 0.635. The van der Waals surface area contributed by atoms with Crippen molar-refractivity contribution in [1.82, 2.24) is 4.90 Å². The number of nitrogens with zero attached hydrogens (tertiary/aromatic N) is 2. The van der Waals surface area contributed by atoms with E-state index < -0.39 is 0 Å². The Morgan fingerprint density at radius 3 is 2.21 bits per heavy atom. The predicted octanol–water partition coefficient (Wildman–Crippen LogP) is 3.04. The summed E-state index contributed by atoms with van der Waals surface area (Å²) >= 11 is 0. The summed E-state index contributed by atoms with van der Waals surface area (Å²) in [4.78, 5) is 4.78. The Morgan fingerprint density at radius 2 is 1.68 bits per heavy atom. The van der Waals surface area contributed by atoms with Crippen LogP contribution in [0, 0.1) is 0 Å². The number of benzene rings is 1. The fourth-order valence-corrected chi connectivity index (χ4v) is 2.75. The van der Waals surface area contributed by atoms with E-state index >= 15 is 0 Å². The summed E-state index contributed by atoms with van der Waals surface area (Å²) in [6, 6.07) is 9.52. The van der Waals surface area contributed by atoms with Crippen molar-refractivity contribution >= 4 is 11.4 Å². The van der Waals surface area contributed by atoms with Crippen molar-refractivity contribution in [2.24, 2.45) is 0 Å². The molecule has 1 aromatic rings. The second-order valence-corrected chi connectivity index (χ2v) is 5.44. The highest BCUT2D eigenvalue weighted by Gasteiger charge is 2.16. The highest BCUT2D eigenvalue weighted by Crippen LogP contribution is 2.20. The average Bonchev–Trinajstić information content (AvgIpc) is 2.44. The minimum Gasteiger partial charge on any atom is -0.382 e. The number of piperidine rings is 1. The van der Waals surface area contributed by atoms with Gasteiger partial charge in [0.25, 0.3) is 0 Å². The first-order chi connectivity index (χ1) is 9.22. The molecule has 0 amide bonds. The molecule has 0 spiro atoms. The molecular formula is C16H27N3. The third-order valence-corrected chi connectivity index (χ3v) is 4.09. The summed E-state index contributed by atoms with van der Waals surface area (Å²) in [5, 5.41) is 3.66. The van der Waals surface area contributed by atoms with Crippen LogP contribution in [0.2, 0.25) is 0 Å². The van der Waals surface area contributed by atoms with Crippen molar-refractivity contribution in [3.05, 3.63) is 24.3 Å². The molecular weight excluding hydrogens is 234 g/mol. The molecule has 1 aliphatic heterocycles. The van der Waals surface area contributed by atoms with E-state index in [1.165, 1.54) is 37.3 Å². The van der Waals surface area contributed by atoms with Crippen molar-refractivity contribution in [2.75, 3.05) is 43.4 Å². The smallest absolute Gasteiger partial charge is 0.0367 e.